The van der Waals surface area contributed by atoms with Crippen LogP contribution in [0.5, 0.6) is 5.75 Å². The zero-order valence-corrected chi connectivity index (χ0v) is 6.70. The Bertz CT molecular complexity index is 358. The van der Waals surface area contributed by atoms with Crippen LogP contribution in [-0.4, -0.2) is 22.9 Å². The van der Waals surface area contributed by atoms with Gasteiger partial charge in [-0.2, -0.15) is 5.10 Å². The lowest BCUT2D eigenvalue weighted by Crippen LogP contribution is -2.29. The van der Waals surface area contributed by atoms with Gasteiger partial charge in [0.25, 0.3) is 5.56 Å². The summed E-state index contributed by atoms with van der Waals surface area (Å²) >= 11 is 0. The van der Waals surface area contributed by atoms with Crippen molar-refractivity contribution in [3.8, 4) is 5.75 Å². The summed E-state index contributed by atoms with van der Waals surface area (Å²) < 4.78 is 6.50. The molecule has 5 nitrogen and oxygen atoms in total. The first-order valence-electron chi connectivity index (χ1n) is 3.72. The quantitative estimate of drug-likeness (QED) is 0.570. The SMILES string of the molecule is Cn1ncc2c(c1=O)NCCO2. The Morgan fingerprint density at radius 1 is 1.75 bits per heavy atom. The standard InChI is InChI=1S/C7H9N3O2/c1-10-7(11)6-5(4-9-10)12-3-2-8-6/h4,8H,2-3H2,1H3. The van der Waals surface area contributed by atoms with Crippen molar-refractivity contribution in [1.29, 1.82) is 0 Å². The third-order valence-corrected chi connectivity index (χ3v) is 1.76. The van der Waals surface area contributed by atoms with Crippen LogP contribution in [0.2, 0.25) is 0 Å². The molecular formula is C7H9N3O2. The first-order chi connectivity index (χ1) is 5.79. The monoisotopic (exact) mass is 167 g/mol. The zero-order valence-electron chi connectivity index (χ0n) is 6.70. The summed E-state index contributed by atoms with van der Waals surface area (Å²) in [5.41, 5.74) is 0.367. The molecule has 0 fully saturated rings. The van der Waals surface area contributed by atoms with E-state index in [2.05, 4.69) is 10.4 Å². The smallest absolute Gasteiger partial charge is 0.293 e. The van der Waals surface area contributed by atoms with Gasteiger partial charge in [-0.15, -0.1) is 0 Å². The van der Waals surface area contributed by atoms with Gasteiger partial charge in [-0.25, -0.2) is 4.68 Å². The van der Waals surface area contributed by atoms with Crippen molar-refractivity contribution in [2.75, 3.05) is 18.5 Å². The number of hydrogen-bond donors (Lipinski definition) is 1. The number of anilines is 1. The number of fused-ring (bicyclic) bond motifs is 1. The number of hydrogen-bond acceptors (Lipinski definition) is 4. The van der Waals surface area contributed by atoms with Gasteiger partial charge in [0.15, 0.2) is 5.75 Å². The number of aromatic nitrogens is 2. The van der Waals surface area contributed by atoms with Crippen molar-refractivity contribution < 1.29 is 4.74 Å². The molecule has 64 valence electrons. The maximum Gasteiger partial charge on any atom is 0.293 e. The lowest BCUT2D eigenvalue weighted by atomic mass is 10.4. The molecular weight excluding hydrogens is 158 g/mol. The highest BCUT2D eigenvalue weighted by Gasteiger charge is 2.13. The highest BCUT2D eigenvalue weighted by atomic mass is 16.5. The topological polar surface area (TPSA) is 56.2 Å². The molecule has 0 saturated heterocycles. The van der Waals surface area contributed by atoms with Crippen LogP contribution < -0.4 is 15.6 Å². The van der Waals surface area contributed by atoms with Crippen LogP contribution >= 0.6 is 0 Å². The molecule has 0 aliphatic carbocycles. The maximum absolute atomic E-state index is 11.4. The van der Waals surface area contributed by atoms with E-state index in [0.29, 0.717) is 24.6 Å². The molecule has 1 aliphatic heterocycles. The van der Waals surface area contributed by atoms with Gasteiger partial charge in [0.1, 0.15) is 12.3 Å². The molecule has 0 aromatic carbocycles. The third-order valence-electron chi connectivity index (χ3n) is 1.76. The van der Waals surface area contributed by atoms with Gasteiger partial charge < -0.3 is 10.1 Å². The summed E-state index contributed by atoms with van der Waals surface area (Å²) in [7, 11) is 1.61. The lowest BCUT2D eigenvalue weighted by molar-refractivity contribution is 0.318. The van der Waals surface area contributed by atoms with Crippen molar-refractivity contribution >= 4 is 5.69 Å². The van der Waals surface area contributed by atoms with Crippen LogP contribution in [-0.2, 0) is 7.05 Å². The summed E-state index contributed by atoms with van der Waals surface area (Å²) in [5.74, 6) is 0.546. The minimum absolute atomic E-state index is 0.146. The maximum atomic E-state index is 11.4. The average molecular weight is 167 g/mol. The molecule has 1 aliphatic rings. The lowest BCUT2D eigenvalue weighted by Gasteiger charge is -2.17. The number of nitrogens with zero attached hydrogens (tertiary/aromatic N) is 2. The summed E-state index contributed by atoms with van der Waals surface area (Å²) in [5, 5.41) is 6.80. The second-order valence-electron chi connectivity index (χ2n) is 2.59. The average Bonchev–Trinajstić information content (AvgIpc) is 2.12. The van der Waals surface area contributed by atoms with Gasteiger partial charge in [0, 0.05) is 13.6 Å². The van der Waals surface area contributed by atoms with Crippen LogP contribution in [0, 0.1) is 0 Å². The van der Waals surface area contributed by atoms with Crippen molar-refractivity contribution in [2.24, 2.45) is 7.05 Å². The molecule has 1 aromatic heterocycles. The van der Waals surface area contributed by atoms with E-state index in [1.54, 1.807) is 13.2 Å². The van der Waals surface area contributed by atoms with E-state index in [9.17, 15) is 4.79 Å². The van der Waals surface area contributed by atoms with E-state index in [1.165, 1.54) is 4.68 Å². The van der Waals surface area contributed by atoms with E-state index >= 15 is 0 Å². The Morgan fingerprint density at radius 3 is 3.42 bits per heavy atom. The molecule has 5 heteroatoms. The highest BCUT2D eigenvalue weighted by Crippen LogP contribution is 2.20. The summed E-state index contributed by atoms with van der Waals surface area (Å²) in [6, 6.07) is 0. The molecule has 0 spiro atoms. The largest absolute Gasteiger partial charge is 0.488 e. The van der Waals surface area contributed by atoms with Gasteiger partial charge in [-0.05, 0) is 0 Å². The molecule has 2 rings (SSSR count). The van der Waals surface area contributed by atoms with Gasteiger partial charge in [-0.1, -0.05) is 0 Å². The van der Waals surface area contributed by atoms with E-state index in [-0.39, 0.29) is 5.56 Å². The van der Waals surface area contributed by atoms with Crippen LogP contribution in [0.25, 0.3) is 0 Å². The van der Waals surface area contributed by atoms with Gasteiger partial charge >= 0.3 is 0 Å². The van der Waals surface area contributed by atoms with Crippen LogP contribution in [0.3, 0.4) is 0 Å². The number of ether oxygens (including phenoxy) is 1. The highest BCUT2D eigenvalue weighted by molar-refractivity contribution is 5.54. The molecule has 0 atom stereocenters. The van der Waals surface area contributed by atoms with Crippen LogP contribution in [0.1, 0.15) is 0 Å². The molecule has 1 N–H and O–H groups in total. The fourth-order valence-corrected chi connectivity index (χ4v) is 1.13. The van der Waals surface area contributed by atoms with E-state index in [0.717, 1.165) is 0 Å². The molecule has 1 aromatic rings. The first-order valence-corrected chi connectivity index (χ1v) is 3.72. The van der Waals surface area contributed by atoms with Crippen LogP contribution in [0.15, 0.2) is 11.0 Å². The van der Waals surface area contributed by atoms with E-state index in [1.807, 2.05) is 0 Å². The van der Waals surface area contributed by atoms with Crippen molar-refractivity contribution in [1.82, 2.24) is 9.78 Å². The predicted molar refractivity (Wildman–Crippen MR) is 43.5 cm³/mol. The zero-order chi connectivity index (χ0) is 8.55. The first kappa shape index (κ1) is 7.15. The Balaban J connectivity index is 2.62. The normalized spacial score (nSPS) is 14.4. The van der Waals surface area contributed by atoms with Crippen molar-refractivity contribution in [3.05, 3.63) is 16.6 Å². The Labute approximate surface area is 69.0 Å². The predicted octanol–water partition coefficient (Wildman–Crippen LogP) is -0.415. The Morgan fingerprint density at radius 2 is 2.58 bits per heavy atom. The fraction of sp³-hybridized carbons (Fsp3) is 0.429. The van der Waals surface area contributed by atoms with Crippen LogP contribution in [0.4, 0.5) is 5.69 Å². The molecule has 0 unspecified atom stereocenters. The Hall–Kier alpha value is -1.52. The Kier molecular flexibility index (Phi) is 1.49. The third kappa shape index (κ3) is 0.939. The number of aryl methyl sites for hydroxylation is 1. The fourth-order valence-electron chi connectivity index (χ4n) is 1.13. The molecule has 2 heterocycles. The second-order valence-corrected chi connectivity index (χ2v) is 2.59. The number of rotatable bonds is 0. The van der Waals surface area contributed by atoms with Crippen molar-refractivity contribution in [2.45, 2.75) is 0 Å². The summed E-state index contributed by atoms with van der Waals surface area (Å²) in [6.07, 6.45) is 1.54. The molecule has 0 radical (unpaired) electrons. The van der Waals surface area contributed by atoms with E-state index < -0.39 is 0 Å². The summed E-state index contributed by atoms with van der Waals surface area (Å²) in [4.78, 5) is 11.4. The second kappa shape index (κ2) is 2.51. The molecule has 0 amide bonds. The number of nitrogens with one attached hydrogen (secondary N) is 1. The van der Waals surface area contributed by atoms with Gasteiger partial charge in [0.05, 0.1) is 6.20 Å². The molecule has 12 heavy (non-hydrogen) atoms. The van der Waals surface area contributed by atoms with Gasteiger partial charge in [-0.3, -0.25) is 4.79 Å². The van der Waals surface area contributed by atoms with E-state index in [4.69, 9.17) is 4.74 Å². The van der Waals surface area contributed by atoms with Crippen molar-refractivity contribution in [3.63, 3.8) is 0 Å². The summed E-state index contributed by atoms with van der Waals surface area (Å²) in [6.45, 7) is 1.26. The minimum Gasteiger partial charge on any atom is -0.488 e. The van der Waals surface area contributed by atoms with Gasteiger partial charge in [0.2, 0.25) is 0 Å². The molecule has 0 saturated carbocycles. The minimum atomic E-state index is -0.146. The molecule has 0 bridgehead atoms.